The maximum atomic E-state index is 9.94. The molecule has 0 radical (unpaired) electrons. The topological polar surface area (TPSA) is 46.0 Å². The highest BCUT2D eigenvalue weighted by Crippen LogP contribution is 2.20. The number of hydrogen-bond donors (Lipinski definition) is 1. The fraction of sp³-hybridized carbons (Fsp3) is 0.231. The molecule has 2 rings (SSSR count). The second-order valence-electron chi connectivity index (χ2n) is 3.59. The van der Waals surface area contributed by atoms with E-state index in [1.54, 1.807) is 30.2 Å². The van der Waals surface area contributed by atoms with Gasteiger partial charge in [0, 0.05) is 18.1 Å². The molecule has 2 aromatic rings. The fourth-order valence-corrected chi connectivity index (χ4v) is 2.26. The van der Waals surface area contributed by atoms with E-state index in [2.05, 4.69) is 9.97 Å². The average Bonchev–Trinajstić information content (AvgIpc) is 2.41. The summed E-state index contributed by atoms with van der Waals surface area (Å²) in [7, 11) is 0. The molecule has 1 N–H and O–H groups in total. The summed E-state index contributed by atoms with van der Waals surface area (Å²) in [5, 5.41) is 10.7. The Hall–Kier alpha value is -1.39. The van der Waals surface area contributed by atoms with E-state index in [0.717, 1.165) is 16.5 Å². The molecule has 1 atom stereocenters. The van der Waals surface area contributed by atoms with E-state index < -0.39 is 6.10 Å². The molecule has 1 heterocycles. The number of hydrogen-bond acceptors (Lipinski definition) is 4. The molecule has 1 aromatic carbocycles. The van der Waals surface area contributed by atoms with Crippen LogP contribution in [0.5, 0.6) is 0 Å². The summed E-state index contributed by atoms with van der Waals surface area (Å²) in [6, 6.07) is 11.5. The van der Waals surface area contributed by atoms with E-state index in [1.807, 2.05) is 30.3 Å². The third-order valence-corrected chi connectivity index (χ3v) is 3.26. The lowest BCUT2D eigenvalue weighted by Gasteiger charge is -2.09. The van der Waals surface area contributed by atoms with Crippen LogP contribution >= 0.6 is 11.8 Å². The van der Waals surface area contributed by atoms with Gasteiger partial charge >= 0.3 is 0 Å². The molecule has 0 unspecified atom stereocenters. The minimum atomic E-state index is -0.410. The van der Waals surface area contributed by atoms with Gasteiger partial charge in [0.2, 0.25) is 0 Å². The molecule has 1 aromatic heterocycles. The molecular formula is C13H14N2OS. The molecule has 0 aliphatic rings. The predicted octanol–water partition coefficient (Wildman–Crippen LogP) is 2.69. The normalized spacial score (nSPS) is 12.3. The number of aromatic nitrogens is 2. The molecule has 0 aliphatic carbocycles. The van der Waals surface area contributed by atoms with Crippen LogP contribution in [0.2, 0.25) is 0 Å². The number of rotatable bonds is 5. The highest BCUT2D eigenvalue weighted by Gasteiger charge is 2.07. The molecule has 0 saturated heterocycles. The van der Waals surface area contributed by atoms with E-state index in [4.69, 9.17) is 0 Å². The molecule has 0 aliphatic heterocycles. The summed E-state index contributed by atoms with van der Waals surface area (Å²) in [6.07, 6.45) is 3.74. The van der Waals surface area contributed by atoms with Gasteiger partial charge in [0.1, 0.15) is 0 Å². The lowest BCUT2D eigenvalue weighted by molar-refractivity contribution is 0.175. The van der Waals surface area contributed by atoms with Crippen LogP contribution in [0, 0.1) is 0 Å². The Bertz CT molecular complexity index is 436. The number of aliphatic hydroxyl groups is 1. The second kappa shape index (κ2) is 6.37. The maximum absolute atomic E-state index is 9.94. The van der Waals surface area contributed by atoms with Crippen molar-refractivity contribution in [3.8, 4) is 0 Å². The van der Waals surface area contributed by atoms with Gasteiger partial charge in [-0.3, -0.25) is 0 Å². The van der Waals surface area contributed by atoms with Gasteiger partial charge in [0.05, 0.1) is 6.10 Å². The molecule has 3 nitrogen and oxygen atoms in total. The molecule has 0 spiro atoms. The predicted molar refractivity (Wildman–Crippen MR) is 68.8 cm³/mol. The Morgan fingerprint density at radius 3 is 2.47 bits per heavy atom. The van der Waals surface area contributed by atoms with E-state index in [0.29, 0.717) is 6.42 Å². The molecular weight excluding hydrogens is 232 g/mol. The molecule has 88 valence electrons. The van der Waals surface area contributed by atoms with Crippen LogP contribution in [0.15, 0.2) is 53.9 Å². The van der Waals surface area contributed by atoms with Crippen molar-refractivity contribution in [3.63, 3.8) is 0 Å². The zero-order valence-corrected chi connectivity index (χ0v) is 10.2. The van der Waals surface area contributed by atoms with E-state index >= 15 is 0 Å². The van der Waals surface area contributed by atoms with Gasteiger partial charge in [0.25, 0.3) is 0 Å². The Kier molecular flexibility index (Phi) is 4.53. The van der Waals surface area contributed by atoms with Crippen molar-refractivity contribution in [2.45, 2.75) is 17.7 Å². The van der Waals surface area contributed by atoms with Crippen LogP contribution in [0.1, 0.15) is 18.1 Å². The van der Waals surface area contributed by atoms with E-state index in [-0.39, 0.29) is 0 Å². The summed E-state index contributed by atoms with van der Waals surface area (Å²) in [4.78, 5) is 8.24. The van der Waals surface area contributed by atoms with Crippen molar-refractivity contribution in [1.82, 2.24) is 9.97 Å². The molecule has 17 heavy (non-hydrogen) atoms. The summed E-state index contributed by atoms with van der Waals surface area (Å²) >= 11 is 1.56. The van der Waals surface area contributed by atoms with Crippen LogP contribution in [0.3, 0.4) is 0 Å². The molecule has 0 amide bonds. The zero-order valence-electron chi connectivity index (χ0n) is 9.36. The zero-order chi connectivity index (χ0) is 11.9. The lowest BCUT2D eigenvalue weighted by atomic mass is 10.1. The fourth-order valence-electron chi connectivity index (χ4n) is 1.46. The first kappa shape index (κ1) is 12.1. The Labute approximate surface area is 105 Å². The minimum absolute atomic E-state index is 0.410. The number of thioether (sulfide) groups is 1. The molecule has 0 saturated carbocycles. The van der Waals surface area contributed by atoms with Crippen LogP contribution in [-0.4, -0.2) is 20.8 Å². The van der Waals surface area contributed by atoms with E-state index in [1.165, 1.54) is 0 Å². The van der Waals surface area contributed by atoms with Gasteiger partial charge in [-0.25, -0.2) is 9.97 Å². The van der Waals surface area contributed by atoms with Crippen molar-refractivity contribution in [1.29, 1.82) is 0 Å². The first-order valence-corrected chi connectivity index (χ1v) is 6.47. The van der Waals surface area contributed by atoms with Gasteiger partial charge in [-0.05, 0) is 18.1 Å². The Morgan fingerprint density at radius 1 is 1.06 bits per heavy atom. The average molecular weight is 246 g/mol. The molecule has 4 heteroatoms. The number of benzene rings is 1. The van der Waals surface area contributed by atoms with E-state index in [9.17, 15) is 5.11 Å². The van der Waals surface area contributed by atoms with Gasteiger partial charge < -0.3 is 5.11 Å². The van der Waals surface area contributed by atoms with Gasteiger partial charge in [-0.15, -0.1) is 0 Å². The first-order chi connectivity index (χ1) is 8.36. The van der Waals surface area contributed by atoms with Crippen molar-refractivity contribution in [2.24, 2.45) is 0 Å². The SMILES string of the molecule is O[C@H](CCSc1ncccn1)c1ccccc1. The largest absolute Gasteiger partial charge is 0.388 e. The highest BCUT2D eigenvalue weighted by molar-refractivity contribution is 7.99. The van der Waals surface area contributed by atoms with Crippen LogP contribution < -0.4 is 0 Å². The third-order valence-electron chi connectivity index (χ3n) is 2.35. The summed E-state index contributed by atoms with van der Waals surface area (Å²) < 4.78 is 0. The third kappa shape index (κ3) is 3.84. The summed E-state index contributed by atoms with van der Waals surface area (Å²) in [5.41, 5.74) is 0.960. The quantitative estimate of drug-likeness (QED) is 0.651. The molecule has 0 bridgehead atoms. The number of nitrogens with zero attached hydrogens (tertiary/aromatic N) is 2. The van der Waals surface area contributed by atoms with Gasteiger partial charge in [-0.2, -0.15) is 0 Å². The van der Waals surface area contributed by atoms with Crippen LogP contribution in [-0.2, 0) is 0 Å². The smallest absolute Gasteiger partial charge is 0.187 e. The van der Waals surface area contributed by atoms with Crippen molar-refractivity contribution >= 4 is 11.8 Å². The standard InChI is InChI=1S/C13H14N2OS/c16-12(11-5-2-1-3-6-11)7-10-17-13-14-8-4-9-15-13/h1-6,8-9,12,16H,7,10H2/t12-/m1/s1. The van der Waals surface area contributed by atoms with Crippen molar-refractivity contribution in [3.05, 3.63) is 54.4 Å². The number of aliphatic hydroxyl groups excluding tert-OH is 1. The van der Waals surface area contributed by atoms with Crippen LogP contribution in [0.25, 0.3) is 0 Å². The highest BCUT2D eigenvalue weighted by atomic mass is 32.2. The lowest BCUT2D eigenvalue weighted by Crippen LogP contribution is -1.99. The maximum Gasteiger partial charge on any atom is 0.187 e. The van der Waals surface area contributed by atoms with Gasteiger partial charge in [0.15, 0.2) is 5.16 Å². The molecule has 0 fully saturated rings. The second-order valence-corrected chi connectivity index (χ2v) is 4.66. The summed E-state index contributed by atoms with van der Waals surface area (Å²) in [6.45, 7) is 0. The van der Waals surface area contributed by atoms with Crippen LogP contribution in [0.4, 0.5) is 0 Å². The summed E-state index contributed by atoms with van der Waals surface area (Å²) in [5.74, 6) is 0.806. The minimum Gasteiger partial charge on any atom is -0.388 e. The Balaban J connectivity index is 1.79. The first-order valence-electron chi connectivity index (χ1n) is 5.49. The van der Waals surface area contributed by atoms with Gasteiger partial charge in [-0.1, -0.05) is 42.1 Å². The Morgan fingerprint density at radius 2 is 1.76 bits per heavy atom. The monoisotopic (exact) mass is 246 g/mol. The van der Waals surface area contributed by atoms with Crippen molar-refractivity contribution < 1.29 is 5.11 Å². The van der Waals surface area contributed by atoms with Crippen molar-refractivity contribution in [2.75, 3.05) is 5.75 Å².